The van der Waals surface area contributed by atoms with Gasteiger partial charge in [0.2, 0.25) is 0 Å². The van der Waals surface area contributed by atoms with Crippen molar-refractivity contribution in [1.29, 1.82) is 0 Å². The maximum atomic E-state index is 9.58. The third-order valence-corrected chi connectivity index (χ3v) is 17.1. The fourth-order valence-electron chi connectivity index (χ4n) is 12.7. The van der Waals surface area contributed by atoms with Gasteiger partial charge in [-0.1, -0.05) is 188 Å². The predicted octanol–water partition coefficient (Wildman–Crippen LogP) is 16.7. The summed E-state index contributed by atoms with van der Waals surface area (Å²) >= 11 is 3.48. The van der Waals surface area contributed by atoms with Crippen LogP contribution in [0.25, 0.3) is 110 Å². The molecule has 6 nitrogen and oxygen atoms in total. The number of rotatable bonds is 4. The van der Waals surface area contributed by atoms with Crippen LogP contribution in [-0.2, 0) is 51.0 Å². The average molecular weight is 1480 g/mol. The quantitative estimate of drug-likeness (QED) is 0.136. The molecule has 2 radical (unpaired) electrons. The van der Waals surface area contributed by atoms with E-state index in [4.69, 9.17) is 4.98 Å². The molecule has 0 spiro atoms. The van der Waals surface area contributed by atoms with Crippen molar-refractivity contribution in [2.45, 2.75) is 38.5 Å². The van der Waals surface area contributed by atoms with Gasteiger partial charge in [-0.25, -0.2) is 0 Å². The zero-order valence-corrected chi connectivity index (χ0v) is 51.6. The van der Waals surface area contributed by atoms with Crippen molar-refractivity contribution >= 4 is 93.7 Å². The summed E-state index contributed by atoms with van der Waals surface area (Å²) in [5.41, 5.74) is 19.4. The van der Waals surface area contributed by atoms with Crippen LogP contribution in [0.2, 0.25) is 0 Å². The third kappa shape index (κ3) is 9.01. The van der Waals surface area contributed by atoms with E-state index in [1.54, 1.807) is 6.07 Å². The van der Waals surface area contributed by atoms with Crippen molar-refractivity contribution in [3.8, 4) is 45.0 Å². The molecule has 0 saturated carbocycles. The Balaban J connectivity index is 0.000000130. The number of hydrogen-bond donors (Lipinski definition) is 2. The van der Waals surface area contributed by atoms with E-state index in [1.165, 1.54) is 82.9 Å². The molecule has 0 aliphatic carbocycles. The summed E-state index contributed by atoms with van der Waals surface area (Å²) in [6, 6.07) is 82.9. The zero-order valence-electron chi connectivity index (χ0n) is 45.2. The smallest absolute Gasteiger partial charge is 0.423 e. The van der Waals surface area contributed by atoms with Gasteiger partial charge in [-0.2, -0.15) is 0 Å². The minimum Gasteiger partial charge on any atom is -0.423 e. The second-order valence-corrected chi connectivity index (χ2v) is 22.8. The van der Waals surface area contributed by atoms with Crippen molar-refractivity contribution in [3.63, 3.8) is 0 Å². The minimum absolute atomic E-state index is 0. The first-order valence-electron chi connectivity index (χ1n) is 27.0. The van der Waals surface area contributed by atoms with Crippen LogP contribution in [0.3, 0.4) is 0 Å². The molecule has 10 aromatic carbocycles. The molecule has 0 saturated heterocycles. The summed E-state index contributed by atoms with van der Waals surface area (Å²) in [7, 11) is -1.46. The van der Waals surface area contributed by atoms with Crippen LogP contribution in [0.5, 0.6) is 0 Å². The number of benzene rings is 10. The third-order valence-electron chi connectivity index (χ3n) is 16.6. The Morgan fingerprint density at radius 1 is 0.427 bits per heavy atom. The maximum absolute atomic E-state index is 9.58. The zero-order chi connectivity index (χ0) is 54.4. The molecule has 82 heavy (non-hydrogen) atoms. The summed E-state index contributed by atoms with van der Waals surface area (Å²) in [4.78, 5) is 9.20. The van der Waals surface area contributed by atoms with Crippen molar-refractivity contribution in [2.24, 2.45) is 0 Å². The minimum atomic E-state index is -1.46. The molecule has 0 fully saturated rings. The van der Waals surface area contributed by atoms with Gasteiger partial charge in [-0.15, -0.1) is 65.2 Å². The van der Waals surface area contributed by atoms with Gasteiger partial charge < -0.3 is 29.2 Å². The molecule has 2 aliphatic rings. The Kier molecular flexibility index (Phi) is 14.5. The van der Waals surface area contributed by atoms with Gasteiger partial charge in [0.15, 0.2) is 0 Å². The number of fused-ring (bicyclic) bond motifs is 12. The SMILES string of the molecule is Brc1cc[c-]c(-c2nccc3ccccc23)c1.CC1(C)c2ccccc2-n2c3ccc(-c4cc[c-]c(-c5nccc6ccccc56)c4)cc3c3cccc1c32.CC1(C)c2ccccc2-n2c3ccc(B(O)O)cc3c3cccc1c32.[Ir].[Ir]. The molecule has 2 aliphatic heterocycles. The summed E-state index contributed by atoms with van der Waals surface area (Å²) in [5, 5.41) is 28.6. The molecule has 0 bridgehead atoms. The fourth-order valence-corrected chi connectivity index (χ4v) is 13.1. The van der Waals surface area contributed by atoms with Gasteiger partial charge in [-0.3, -0.25) is 0 Å². The van der Waals surface area contributed by atoms with Gasteiger partial charge in [-0.05, 0) is 109 Å². The summed E-state index contributed by atoms with van der Waals surface area (Å²) in [6.07, 6.45) is 3.73. The molecule has 402 valence electrons. The number of halogens is 1. The topological polar surface area (TPSA) is 76.1 Å². The van der Waals surface area contributed by atoms with E-state index < -0.39 is 7.12 Å². The summed E-state index contributed by atoms with van der Waals surface area (Å²) in [5.74, 6) is 0. The van der Waals surface area contributed by atoms with E-state index in [1.807, 2.05) is 67.0 Å². The Morgan fingerprint density at radius 2 is 0.878 bits per heavy atom. The standard InChI is InChI=1S/C36H25N2.C21H18BNO2.C15H9BrN.2Ir/c1-36(2)30-14-5-6-16-33(30)38-32-18-17-25(22-29(32)28-13-8-15-31(36)35(28)38)24-10-7-11-26(21-24)34-27-12-4-3-9-23(27)19-20-37-34;1-21(2)16-7-3-4-9-19(16)23-18-11-10-13(22(24)25)12-15(18)14-6-5-8-17(21)20(14)23;16-13-6-3-5-12(10-13)15-14-7-2-1-4-11(14)8-9-17-15;;/h3-10,12-22H,1-2H3;3-12,24-25H,1-2H3;1-4,6-10H;;/q-1;;-1;;. The van der Waals surface area contributed by atoms with Gasteiger partial charge in [0.05, 0.1) is 33.4 Å². The first-order chi connectivity index (χ1) is 39.0. The van der Waals surface area contributed by atoms with E-state index in [0.717, 1.165) is 54.0 Å². The van der Waals surface area contributed by atoms with Crippen LogP contribution in [0.1, 0.15) is 49.9 Å². The van der Waals surface area contributed by atoms with E-state index in [0.29, 0.717) is 5.46 Å². The molecule has 16 rings (SSSR count). The predicted molar refractivity (Wildman–Crippen MR) is 334 cm³/mol. The van der Waals surface area contributed by atoms with Gasteiger partial charge in [0, 0.05) is 85.0 Å². The maximum Gasteiger partial charge on any atom is 0.488 e. The van der Waals surface area contributed by atoms with Crippen LogP contribution in [0.4, 0.5) is 0 Å². The van der Waals surface area contributed by atoms with E-state index in [-0.39, 0.29) is 51.0 Å². The van der Waals surface area contributed by atoms with Crippen LogP contribution in [0.15, 0.2) is 235 Å². The first kappa shape index (κ1) is 54.9. The second kappa shape index (κ2) is 21.6. The second-order valence-electron chi connectivity index (χ2n) is 21.9. The molecule has 6 heterocycles. The molecular formula is C72H52BBrIr2N4O2-2. The normalized spacial score (nSPS) is 13.1. The largest absolute Gasteiger partial charge is 0.488 e. The van der Waals surface area contributed by atoms with Gasteiger partial charge >= 0.3 is 7.12 Å². The average Bonchev–Trinajstić information content (AvgIpc) is 3.02. The van der Waals surface area contributed by atoms with Crippen LogP contribution >= 0.6 is 15.9 Å². The molecule has 14 aromatic rings. The molecule has 0 atom stereocenters. The molecule has 0 unspecified atom stereocenters. The van der Waals surface area contributed by atoms with Crippen molar-refractivity contribution in [1.82, 2.24) is 19.1 Å². The first-order valence-corrected chi connectivity index (χ1v) is 27.8. The van der Waals surface area contributed by atoms with Gasteiger partial charge in [0.1, 0.15) is 0 Å². The van der Waals surface area contributed by atoms with Gasteiger partial charge in [0.25, 0.3) is 0 Å². The number of pyridine rings is 2. The molecular weight excluding hydrogens is 1430 g/mol. The number of aromatic nitrogens is 4. The summed E-state index contributed by atoms with van der Waals surface area (Å²) < 4.78 is 5.82. The van der Waals surface area contributed by atoms with E-state index in [9.17, 15) is 10.0 Å². The number of nitrogens with zero attached hydrogens (tertiary/aromatic N) is 4. The van der Waals surface area contributed by atoms with Crippen molar-refractivity contribution < 1.29 is 50.3 Å². The Hall–Kier alpha value is -7.62. The fraction of sp³-hybridized carbons (Fsp3) is 0.0833. The Bertz CT molecular complexity index is 4800. The monoisotopic (exact) mass is 1480 g/mol. The van der Waals surface area contributed by atoms with E-state index >= 15 is 0 Å². The van der Waals surface area contributed by atoms with Crippen LogP contribution in [0, 0.1) is 12.1 Å². The van der Waals surface area contributed by atoms with Crippen LogP contribution in [-0.4, -0.2) is 36.3 Å². The molecule has 2 N–H and O–H groups in total. The number of para-hydroxylation sites is 4. The molecule has 10 heteroatoms. The molecule has 4 aromatic heterocycles. The Labute approximate surface area is 512 Å². The van der Waals surface area contributed by atoms with Crippen LogP contribution < -0.4 is 5.46 Å². The van der Waals surface area contributed by atoms with Crippen molar-refractivity contribution in [3.05, 3.63) is 270 Å². The number of hydrogen-bond acceptors (Lipinski definition) is 4. The molecule has 0 amide bonds. The summed E-state index contributed by atoms with van der Waals surface area (Å²) in [6.45, 7) is 9.22. The van der Waals surface area contributed by atoms with E-state index in [2.05, 4.69) is 228 Å². The van der Waals surface area contributed by atoms with Crippen molar-refractivity contribution in [2.75, 3.05) is 0 Å². The Morgan fingerprint density at radius 3 is 1.43 bits per heavy atom.